The van der Waals surface area contributed by atoms with E-state index >= 15 is 0 Å². The van der Waals surface area contributed by atoms with Gasteiger partial charge in [-0.3, -0.25) is 24.9 Å². The highest BCUT2D eigenvalue weighted by molar-refractivity contribution is 9.10. The molecule has 1 aromatic heterocycles. The Balaban J connectivity index is 2.47. The summed E-state index contributed by atoms with van der Waals surface area (Å²) in [6, 6.07) is 3.78. The SMILES string of the molecule is O=c1[nH]c(O)c(N=Nc2cc([N+](=O)[O-])ccc2Br)c(=O)[nH]1. The van der Waals surface area contributed by atoms with E-state index in [4.69, 9.17) is 0 Å². The van der Waals surface area contributed by atoms with E-state index in [1.807, 2.05) is 9.97 Å². The molecular weight excluding hydrogens is 350 g/mol. The predicted molar refractivity (Wildman–Crippen MR) is 74.3 cm³/mol. The Labute approximate surface area is 123 Å². The molecule has 21 heavy (non-hydrogen) atoms. The van der Waals surface area contributed by atoms with Gasteiger partial charge in [-0.15, -0.1) is 10.2 Å². The van der Waals surface area contributed by atoms with Crippen LogP contribution in [0.2, 0.25) is 0 Å². The zero-order chi connectivity index (χ0) is 15.6. The number of nitro groups is 1. The summed E-state index contributed by atoms with van der Waals surface area (Å²) in [5.41, 5.74) is -2.50. The molecule has 0 fully saturated rings. The minimum Gasteiger partial charge on any atom is -0.493 e. The lowest BCUT2D eigenvalue weighted by molar-refractivity contribution is -0.384. The smallest absolute Gasteiger partial charge is 0.328 e. The Kier molecular flexibility index (Phi) is 3.93. The number of aromatic hydroxyl groups is 1. The maximum Gasteiger partial charge on any atom is 0.328 e. The standard InChI is InChI=1S/C10H6BrN5O5/c11-5-2-1-4(16(20)21)3-6(5)14-15-7-8(17)12-10(19)13-9(7)18/h1-3H,(H3,12,13,17,18,19). The molecule has 0 aliphatic carbocycles. The number of rotatable bonds is 3. The number of aromatic amines is 2. The molecule has 0 bridgehead atoms. The van der Waals surface area contributed by atoms with Gasteiger partial charge in [0.05, 0.1) is 4.92 Å². The van der Waals surface area contributed by atoms with Gasteiger partial charge in [0.15, 0.2) is 0 Å². The minimum absolute atomic E-state index is 0.0780. The van der Waals surface area contributed by atoms with Crippen LogP contribution in [0.25, 0.3) is 0 Å². The van der Waals surface area contributed by atoms with Crippen molar-refractivity contribution in [2.24, 2.45) is 10.2 Å². The fourth-order valence-electron chi connectivity index (χ4n) is 1.36. The summed E-state index contributed by atoms with van der Waals surface area (Å²) in [6.07, 6.45) is 0. The van der Waals surface area contributed by atoms with Crippen molar-refractivity contribution in [1.82, 2.24) is 9.97 Å². The quantitative estimate of drug-likeness (QED) is 0.435. The number of azo groups is 1. The zero-order valence-electron chi connectivity index (χ0n) is 10.0. The highest BCUT2D eigenvalue weighted by Crippen LogP contribution is 2.31. The van der Waals surface area contributed by atoms with Crippen LogP contribution in [0, 0.1) is 10.1 Å². The molecule has 0 saturated heterocycles. The molecule has 2 rings (SSSR count). The van der Waals surface area contributed by atoms with E-state index in [0.717, 1.165) is 6.07 Å². The van der Waals surface area contributed by atoms with Crippen molar-refractivity contribution >= 4 is 33.0 Å². The molecule has 0 amide bonds. The lowest BCUT2D eigenvalue weighted by Crippen LogP contribution is -2.20. The van der Waals surface area contributed by atoms with Crippen molar-refractivity contribution in [3.63, 3.8) is 0 Å². The molecule has 2 aromatic rings. The number of nitrogens with zero attached hydrogens (tertiary/aromatic N) is 3. The van der Waals surface area contributed by atoms with Crippen molar-refractivity contribution in [1.29, 1.82) is 0 Å². The molecule has 0 atom stereocenters. The average Bonchev–Trinajstić information content (AvgIpc) is 2.39. The van der Waals surface area contributed by atoms with Gasteiger partial charge in [-0.1, -0.05) is 0 Å². The Bertz CT molecular complexity index is 856. The third-order valence-corrected chi connectivity index (χ3v) is 2.97. The molecule has 0 aliphatic heterocycles. The van der Waals surface area contributed by atoms with Crippen LogP contribution in [0.15, 0.2) is 42.5 Å². The van der Waals surface area contributed by atoms with Crippen LogP contribution in [0.3, 0.4) is 0 Å². The van der Waals surface area contributed by atoms with E-state index in [0.29, 0.717) is 4.47 Å². The lowest BCUT2D eigenvalue weighted by Gasteiger charge is -1.98. The normalized spacial score (nSPS) is 10.9. The van der Waals surface area contributed by atoms with Gasteiger partial charge in [-0.25, -0.2) is 4.79 Å². The third-order valence-electron chi connectivity index (χ3n) is 2.30. The Morgan fingerprint density at radius 2 is 1.95 bits per heavy atom. The van der Waals surface area contributed by atoms with Crippen LogP contribution in [0.1, 0.15) is 0 Å². The van der Waals surface area contributed by atoms with Crippen LogP contribution < -0.4 is 11.2 Å². The van der Waals surface area contributed by atoms with Crippen molar-refractivity contribution in [3.05, 3.63) is 53.6 Å². The number of halogens is 1. The van der Waals surface area contributed by atoms with Gasteiger partial charge in [0.1, 0.15) is 5.69 Å². The van der Waals surface area contributed by atoms with Crippen LogP contribution in [-0.2, 0) is 0 Å². The molecule has 1 aromatic carbocycles. The van der Waals surface area contributed by atoms with Gasteiger partial charge >= 0.3 is 5.69 Å². The summed E-state index contributed by atoms with van der Waals surface area (Å²) < 4.78 is 0.400. The van der Waals surface area contributed by atoms with Gasteiger partial charge in [-0.05, 0) is 22.0 Å². The Morgan fingerprint density at radius 3 is 2.57 bits per heavy atom. The molecular formula is C10H6BrN5O5. The third kappa shape index (κ3) is 3.20. The highest BCUT2D eigenvalue weighted by Gasteiger charge is 2.11. The number of H-pyrrole nitrogens is 2. The summed E-state index contributed by atoms with van der Waals surface area (Å²) in [5, 5.41) is 27.2. The van der Waals surface area contributed by atoms with E-state index < -0.39 is 27.7 Å². The number of non-ortho nitro benzene ring substituents is 1. The topological polar surface area (TPSA) is 154 Å². The van der Waals surface area contributed by atoms with Gasteiger partial charge in [0, 0.05) is 16.6 Å². The van der Waals surface area contributed by atoms with Crippen molar-refractivity contribution in [2.75, 3.05) is 0 Å². The number of benzene rings is 1. The first-order valence-corrected chi connectivity index (χ1v) is 6.09. The van der Waals surface area contributed by atoms with Gasteiger partial charge in [0.2, 0.25) is 11.6 Å². The molecule has 1 heterocycles. The van der Waals surface area contributed by atoms with E-state index in [1.54, 1.807) is 0 Å². The van der Waals surface area contributed by atoms with E-state index in [1.165, 1.54) is 12.1 Å². The summed E-state index contributed by atoms with van der Waals surface area (Å²) in [6.45, 7) is 0. The van der Waals surface area contributed by atoms with E-state index in [9.17, 15) is 24.8 Å². The maximum atomic E-state index is 11.4. The van der Waals surface area contributed by atoms with Gasteiger partial charge in [0.25, 0.3) is 11.2 Å². The summed E-state index contributed by atoms with van der Waals surface area (Å²) in [4.78, 5) is 36.2. The second kappa shape index (κ2) is 5.66. The number of hydrogen-bond acceptors (Lipinski definition) is 7. The molecule has 0 saturated carbocycles. The molecule has 11 heteroatoms. The second-order valence-corrected chi connectivity index (χ2v) is 4.55. The molecule has 3 N–H and O–H groups in total. The molecule has 0 spiro atoms. The van der Waals surface area contributed by atoms with Gasteiger partial charge < -0.3 is 5.11 Å². The Morgan fingerprint density at radius 1 is 1.24 bits per heavy atom. The number of nitro benzene ring substituents is 1. The minimum atomic E-state index is -0.943. The summed E-state index contributed by atoms with van der Waals surface area (Å²) in [5.74, 6) is -0.756. The predicted octanol–water partition coefficient (Wildman–Crippen LogP) is 1.85. The number of aromatic nitrogens is 2. The number of nitrogens with one attached hydrogen (secondary N) is 2. The first kappa shape index (κ1) is 14.6. The van der Waals surface area contributed by atoms with Crippen molar-refractivity contribution < 1.29 is 10.0 Å². The van der Waals surface area contributed by atoms with Crippen LogP contribution in [-0.4, -0.2) is 20.0 Å². The maximum absolute atomic E-state index is 11.4. The average molecular weight is 356 g/mol. The fourth-order valence-corrected chi connectivity index (χ4v) is 1.68. The van der Waals surface area contributed by atoms with E-state index in [2.05, 4.69) is 26.2 Å². The lowest BCUT2D eigenvalue weighted by atomic mass is 10.3. The molecule has 0 aliphatic rings. The van der Waals surface area contributed by atoms with Crippen LogP contribution in [0.5, 0.6) is 5.88 Å². The Hall–Kier alpha value is -2.82. The zero-order valence-corrected chi connectivity index (χ0v) is 11.6. The molecule has 0 unspecified atom stereocenters. The monoisotopic (exact) mass is 355 g/mol. The highest BCUT2D eigenvalue weighted by atomic mass is 79.9. The summed E-state index contributed by atoms with van der Waals surface area (Å²) >= 11 is 3.12. The molecule has 0 radical (unpaired) electrons. The van der Waals surface area contributed by atoms with Gasteiger partial charge in [-0.2, -0.15) is 0 Å². The van der Waals surface area contributed by atoms with Crippen LogP contribution in [0.4, 0.5) is 17.1 Å². The van der Waals surface area contributed by atoms with Crippen molar-refractivity contribution in [3.8, 4) is 5.88 Å². The van der Waals surface area contributed by atoms with E-state index in [-0.39, 0.29) is 11.4 Å². The molecule has 10 nitrogen and oxygen atoms in total. The first-order chi connectivity index (χ1) is 9.88. The fraction of sp³-hybridized carbons (Fsp3) is 0. The molecule has 108 valence electrons. The number of hydrogen-bond donors (Lipinski definition) is 3. The largest absolute Gasteiger partial charge is 0.493 e. The summed E-state index contributed by atoms with van der Waals surface area (Å²) in [7, 11) is 0. The van der Waals surface area contributed by atoms with Crippen LogP contribution >= 0.6 is 15.9 Å². The first-order valence-electron chi connectivity index (χ1n) is 5.29. The second-order valence-electron chi connectivity index (χ2n) is 3.70. The van der Waals surface area contributed by atoms with Crippen molar-refractivity contribution in [2.45, 2.75) is 0 Å².